The van der Waals surface area contributed by atoms with Crippen molar-refractivity contribution in [2.45, 2.75) is 26.1 Å². The van der Waals surface area contributed by atoms with E-state index in [2.05, 4.69) is 83.6 Å². The van der Waals surface area contributed by atoms with Gasteiger partial charge in [-0.25, -0.2) is 0 Å². The summed E-state index contributed by atoms with van der Waals surface area (Å²) in [5.41, 5.74) is 4.73. The lowest BCUT2D eigenvalue weighted by Crippen LogP contribution is -2.66. The first-order valence-corrected chi connectivity index (χ1v) is 12.6. The van der Waals surface area contributed by atoms with Gasteiger partial charge in [0.1, 0.15) is 0 Å². The Morgan fingerprint density at radius 3 is 1.39 bits per heavy atom. The first kappa shape index (κ1) is 21.7. The number of hydrogen-bond acceptors (Lipinski definition) is 2. The highest BCUT2D eigenvalue weighted by atomic mass is 16.3. The molecule has 2 heterocycles. The van der Waals surface area contributed by atoms with Crippen molar-refractivity contribution >= 4 is 55.5 Å². The Hall–Kier alpha value is -3.60. The van der Waals surface area contributed by atoms with Gasteiger partial charge in [0.25, 0.3) is 0 Å². The fourth-order valence-electron chi connectivity index (χ4n) is 6.56. The molecule has 0 unspecified atom stereocenters. The van der Waals surface area contributed by atoms with E-state index in [0.29, 0.717) is 0 Å². The number of hydrogen-bond donors (Lipinski definition) is 0. The van der Waals surface area contributed by atoms with Crippen LogP contribution in [0.5, 0.6) is 0 Å². The Bertz CT molecular complexity index is 1790. The molecule has 4 heteroatoms. The number of nitrogens with zero attached hydrogens (tertiary/aromatic N) is 2. The second-order valence-corrected chi connectivity index (χ2v) is 10.6. The molecule has 2 aromatic heterocycles. The van der Waals surface area contributed by atoms with Crippen LogP contribution in [0.4, 0.5) is 0 Å². The first-order chi connectivity index (χ1) is 17.4. The maximum absolute atomic E-state index is 13.5. The van der Waals surface area contributed by atoms with Crippen molar-refractivity contribution in [2.24, 2.45) is 25.9 Å². The second-order valence-electron chi connectivity index (χ2n) is 10.6. The molecule has 7 rings (SSSR count). The van der Waals surface area contributed by atoms with Crippen LogP contribution >= 0.6 is 0 Å². The third-order valence-electron chi connectivity index (χ3n) is 8.69. The van der Waals surface area contributed by atoms with Crippen LogP contribution in [0.15, 0.2) is 60.7 Å². The molecule has 1 aliphatic carbocycles. The molecule has 4 nitrogen and oxygen atoms in total. The van der Waals surface area contributed by atoms with E-state index in [1.165, 1.54) is 32.7 Å². The topological polar surface area (TPSA) is 56.0 Å². The van der Waals surface area contributed by atoms with E-state index in [1.807, 2.05) is 26.2 Å². The summed E-state index contributed by atoms with van der Waals surface area (Å²) < 4.78 is 4.26. The first-order valence-electron chi connectivity index (χ1n) is 12.6. The standard InChI is InChI=1S/C32H28N2O2/c1-17-11-13-25-29-19(17)7-5-9-21(29)27(33(25)3)15-23-31(35)24(32(23)36)16-28-22-10-6-8-20-18(2)12-14-26(30(20)22)34(28)4/h5-16,23-24,31-32H,1-4H3/q-2/b27-15+,28-16+. The van der Waals surface area contributed by atoms with E-state index in [0.717, 1.165) is 32.5 Å². The van der Waals surface area contributed by atoms with E-state index >= 15 is 0 Å². The predicted molar refractivity (Wildman–Crippen MR) is 144 cm³/mol. The van der Waals surface area contributed by atoms with Crippen LogP contribution in [0.2, 0.25) is 0 Å². The van der Waals surface area contributed by atoms with Gasteiger partial charge in [-0.15, -0.1) is 12.2 Å². The van der Waals surface area contributed by atoms with Gasteiger partial charge >= 0.3 is 0 Å². The fourth-order valence-corrected chi connectivity index (χ4v) is 6.56. The molecule has 36 heavy (non-hydrogen) atoms. The molecule has 0 spiro atoms. The minimum Gasteiger partial charge on any atom is -0.851 e. The Morgan fingerprint density at radius 2 is 0.972 bits per heavy atom. The molecule has 0 radical (unpaired) electrons. The normalized spacial score (nSPS) is 23.6. The third-order valence-corrected chi connectivity index (χ3v) is 8.69. The van der Waals surface area contributed by atoms with Crippen molar-refractivity contribution in [3.05, 3.63) is 82.5 Å². The summed E-state index contributed by atoms with van der Waals surface area (Å²) in [5.74, 6) is -1.08. The molecule has 0 atom stereocenters. The van der Waals surface area contributed by atoms with Gasteiger partial charge in [-0.05, 0) is 59.7 Å². The lowest BCUT2D eigenvalue weighted by molar-refractivity contribution is -0.545. The van der Waals surface area contributed by atoms with E-state index in [1.54, 1.807) is 0 Å². The smallest absolute Gasteiger partial charge is 0.0494 e. The van der Waals surface area contributed by atoms with Gasteiger partial charge in [-0.2, -0.15) is 0 Å². The molecule has 1 aliphatic rings. The van der Waals surface area contributed by atoms with Crippen LogP contribution in [-0.2, 0) is 14.1 Å². The van der Waals surface area contributed by atoms with Crippen LogP contribution in [0, 0.1) is 25.7 Å². The third kappa shape index (κ3) is 2.71. The molecule has 0 N–H and O–H groups in total. The summed E-state index contributed by atoms with van der Waals surface area (Å²) in [6, 6.07) is 21.2. The highest BCUT2D eigenvalue weighted by Crippen LogP contribution is 2.35. The molecular weight excluding hydrogens is 444 g/mol. The average Bonchev–Trinajstić information content (AvgIpc) is 3.32. The Labute approximate surface area is 209 Å². The maximum atomic E-state index is 13.5. The molecule has 1 fully saturated rings. The highest BCUT2D eigenvalue weighted by molar-refractivity contribution is 6.12. The summed E-state index contributed by atoms with van der Waals surface area (Å²) in [6.07, 6.45) is 1.99. The quantitative estimate of drug-likeness (QED) is 0.389. The van der Waals surface area contributed by atoms with Crippen molar-refractivity contribution in [1.82, 2.24) is 9.13 Å². The van der Waals surface area contributed by atoms with E-state index in [4.69, 9.17) is 0 Å². The Balaban J connectivity index is 1.35. The van der Waals surface area contributed by atoms with Crippen molar-refractivity contribution in [1.29, 1.82) is 0 Å². The minimum atomic E-state index is -0.955. The van der Waals surface area contributed by atoms with Crippen LogP contribution in [0.3, 0.4) is 0 Å². The van der Waals surface area contributed by atoms with Crippen LogP contribution < -0.4 is 20.9 Å². The lowest BCUT2D eigenvalue weighted by Gasteiger charge is -2.59. The van der Waals surface area contributed by atoms with Gasteiger partial charge in [0, 0.05) is 57.4 Å². The summed E-state index contributed by atoms with van der Waals surface area (Å²) >= 11 is 0. The molecule has 4 aromatic carbocycles. The summed E-state index contributed by atoms with van der Waals surface area (Å²) in [4.78, 5) is 0. The van der Waals surface area contributed by atoms with Crippen molar-refractivity contribution in [2.75, 3.05) is 0 Å². The molecule has 0 saturated heterocycles. The van der Waals surface area contributed by atoms with Crippen LogP contribution in [0.25, 0.3) is 55.5 Å². The maximum Gasteiger partial charge on any atom is 0.0494 e. The fraction of sp³-hybridized carbons (Fsp3) is 0.250. The van der Waals surface area contributed by atoms with Gasteiger partial charge in [0.05, 0.1) is 0 Å². The molecule has 0 amide bonds. The number of rotatable bonds is 2. The van der Waals surface area contributed by atoms with E-state index in [9.17, 15) is 10.2 Å². The SMILES string of the molecule is Cc1ccc2c3c1cccc3/c(=C\C1C([O-])C(/C=c3\c4cccc5c(C)ccc(c54)n3C)C1[O-])n2C. The minimum absolute atomic E-state index is 0.540. The zero-order chi connectivity index (χ0) is 24.9. The van der Waals surface area contributed by atoms with Gasteiger partial charge in [-0.3, -0.25) is 0 Å². The summed E-state index contributed by atoms with van der Waals surface area (Å²) in [5, 5.41) is 36.0. The monoisotopic (exact) mass is 472 g/mol. The highest BCUT2D eigenvalue weighted by Gasteiger charge is 2.34. The summed E-state index contributed by atoms with van der Waals surface area (Å²) in [6.45, 7) is 4.24. The molecule has 0 aliphatic heterocycles. The predicted octanol–water partition coefficient (Wildman–Crippen LogP) is 3.00. The molecular formula is C32H28N2O2-2. The average molecular weight is 473 g/mol. The number of aryl methyl sites for hydroxylation is 4. The molecule has 1 saturated carbocycles. The van der Waals surface area contributed by atoms with E-state index < -0.39 is 24.0 Å². The Kier molecular flexibility index (Phi) is 4.48. The van der Waals surface area contributed by atoms with Crippen molar-refractivity contribution < 1.29 is 10.2 Å². The van der Waals surface area contributed by atoms with E-state index in [-0.39, 0.29) is 0 Å². The number of benzene rings is 4. The largest absolute Gasteiger partial charge is 0.851 e. The van der Waals surface area contributed by atoms with Gasteiger partial charge in [0.15, 0.2) is 0 Å². The molecule has 6 aromatic rings. The van der Waals surface area contributed by atoms with Crippen molar-refractivity contribution in [3.8, 4) is 0 Å². The Morgan fingerprint density at radius 1 is 0.583 bits per heavy atom. The zero-order valence-electron chi connectivity index (χ0n) is 20.9. The van der Waals surface area contributed by atoms with Gasteiger partial charge in [-0.1, -0.05) is 60.7 Å². The second kappa shape index (κ2) is 7.45. The van der Waals surface area contributed by atoms with Crippen LogP contribution in [-0.4, -0.2) is 21.3 Å². The van der Waals surface area contributed by atoms with Gasteiger partial charge in [0.2, 0.25) is 0 Å². The summed E-state index contributed by atoms with van der Waals surface area (Å²) in [7, 11) is 4.06. The number of aromatic nitrogens is 2. The van der Waals surface area contributed by atoms with Crippen LogP contribution in [0.1, 0.15) is 11.1 Å². The molecule has 0 bridgehead atoms. The molecule has 180 valence electrons. The van der Waals surface area contributed by atoms with Crippen molar-refractivity contribution in [3.63, 3.8) is 0 Å². The zero-order valence-corrected chi connectivity index (χ0v) is 20.9. The lowest BCUT2D eigenvalue weighted by atomic mass is 9.68. The van der Waals surface area contributed by atoms with Gasteiger partial charge < -0.3 is 19.3 Å².